The van der Waals surface area contributed by atoms with Crippen LogP contribution in [0.2, 0.25) is 0 Å². The molecule has 0 aliphatic rings. The fourth-order valence-electron chi connectivity index (χ4n) is 1.93. The van der Waals surface area contributed by atoms with Crippen LogP contribution in [0.5, 0.6) is 0 Å². The highest BCUT2D eigenvalue weighted by Gasteiger charge is 2.26. The van der Waals surface area contributed by atoms with E-state index >= 15 is 0 Å². The van der Waals surface area contributed by atoms with Crippen molar-refractivity contribution >= 4 is 10.0 Å². The molecule has 0 radical (unpaired) electrons. The lowest BCUT2D eigenvalue weighted by atomic mass is 9.89. The molecule has 2 aromatic rings. The average molecular weight is 373 g/mol. The Balaban J connectivity index is 2.04. The quantitative estimate of drug-likeness (QED) is 0.494. The van der Waals surface area contributed by atoms with Gasteiger partial charge in [-0.15, -0.1) is 4.99 Å². The minimum Gasteiger partial charge on any atom is -0.205 e. The van der Waals surface area contributed by atoms with E-state index in [0.717, 1.165) is 11.1 Å². The van der Waals surface area contributed by atoms with E-state index in [0.29, 0.717) is 0 Å². The summed E-state index contributed by atoms with van der Waals surface area (Å²) < 4.78 is 24.4. The Morgan fingerprint density at radius 1 is 1.00 bits per heavy atom. The van der Waals surface area contributed by atoms with Crippen LogP contribution in [-0.4, -0.2) is 14.5 Å². The van der Waals surface area contributed by atoms with Crippen LogP contribution in [0.1, 0.15) is 31.9 Å². The molecule has 0 saturated heterocycles. The summed E-state index contributed by atoms with van der Waals surface area (Å²) in [5.41, 5.74) is 1.42. The molecule has 2 aromatic carbocycles. The Bertz CT molecular complexity index is 873. The van der Waals surface area contributed by atoms with E-state index in [1.54, 1.807) is 12.1 Å². The van der Waals surface area contributed by atoms with Gasteiger partial charge in [-0.05, 0) is 31.2 Å². The van der Waals surface area contributed by atoms with Crippen molar-refractivity contribution in [1.29, 1.82) is 0 Å². The Hall–Kier alpha value is -2.17. The second-order valence-corrected chi connectivity index (χ2v) is 8.61. The van der Waals surface area contributed by atoms with Crippen LogP contribution < -0.4 is 4.89 Å². The average Bonchev–Trinajstić information content (AvgIpc) is 2.58. The Morgan fingerprint density at radius 2 is 1.62 bits per heavy atom. The van der Waals surface area contributed by atoms with Crippen molar-refractivity contribution in [2.75, 3.05) is 0 Å². The molecule has 2 rings (SSSR count). The van der Waals surface area contributed by atoms with Crippen molar-refractivity contribution in [1.82, 2.24) is 4.89 Å². The van der Waals surface area contributed by atoms with E-state index in [1.807, 2.05) is 62.9 Å². The fraction of sp³-hybridized carbons (Fsp3) is 0.300. The third-order valence-electron chi connectivity index (χ3n) is 3.53. The molecule has 0 amide bonds. The first-order valence-electron chi connectivity index (χ1n) is 8.16. The lowest BCUT2D eigenvalue weighted by molar-refractivity contribution is -0.347. The molecule has 0 aliphatic heterocycles. The third kappa shape index (κ3) is 5.97. The van der Waals surface area contributed by atoms with Crippen molar-refractivity contribution in [3.63, 3.8) is 0 Å². The summed E-state index contributed by atoms with van der Waals surface area (Å²) in [6, 6.07) is 15.9. The summed E-state index contributed by atoms with van der Waals surface area (Å²) in [5, 5.41) is 0. The zero-order valence-corrected chi connectivity index (χ0v) is 16.1. The van der Waals surface area contributed by atoms with Gasteiger partial charge < -0.3 is 0 Å². The number of hydrogen-bond donors (Lipinski definition) is 1. The van der Waals surface area contributed by atoms with E-state index in [-0.39, 0.29) is 10.3 Å². The normalized spacial score (nSPS) is 12.9. The topological polar surface area (TPSA) is 64.6 Å². The van der Waals surface area contributed by atoms with Gasteiger partial charge in [0.1, 0.15) is 0 Å². The lowest BCUT2D eigenvalue weighted by Crippen LogP contribution is -2.33. The summed E-state index contributed by atoms with van der Waals surface area (Å²) in [4.78, 5) is 12.1. The molecule has 1 atom stereocenters. The first kappa shape index (κ1) is 20.1. The van der Waals surface area contributed by atoms with Crippen LogP contribution in [0.4, 0.5) is 0 Å². The molecule has 0 fully saturated rings. The molecule has 0 spiro atoms. The largest absolute Gasteiger partial charge is 0.264 e. The number of sulfonamides is 1. The van der Waals surface area contributed by atoms with Gasteiger partial charge in [-0.25, -0.2) is 13.3 Å². The van der Waals surface area contributed by atoms with E-state index in [9.17, 15) is 8.42 Å². The summed E-state index contributed by atoms with van der Waals surface area (Å²) in [6.45, 7) is 7.66. The molecule has 6 heteroatoms. The monoisotopic (exact) mass is 373 g/mol. The molecular formula is C20H23NO4S. The standard InChI is InChI=1S/C20H23NO4S/c1-16-10-13-18(14-11-16)26(22,23)21-25-24-19(20(2,3)4)15-12-17-8-6-5-7-9-17/h5-11,13-14,19,21H,1-4H3. The first-order valence-corrected chi connectivity index (χ1v) is 9.64. The van der Waals surface area contributed by atoms with Gasteiger partial charge in [0.25, 0.3) is 10.0 Å². The Morgan fingerprint density at radius 3 is 2.19 bits per heavy atom. The third-order valence-corrected chi connectivity index (χ3v) is 4.71. The van der Waals surface area contributed by atoms with Gasteiger partial charge in [0.2, 0.25) is 0 Å². The van der Waals surface area contributed by atoms with E-state index in [4.69, 9.17) is 9.88 Å². The molecule has 26 heavy (non-hydrogen) atoms. The second-order valence-electron chi connectivity index (χ2n) is 6.96. The molecular weight excluding hydrogens is 350 g/mol. The molecule has 0 saturated carbocycles. The van der Waals surface area contributed by atoms with Crippen LogP contribution >= 0.6 is 0 Å². The predicted molar refractivity (Wildman–Crippen MR) is 100 cm³/mol. The van der Waals surface area contributed by atoms with Crippen LogP contribution in [0.15, 0.2) is 59.5 Å². The van der Waals surface area contributed by atoms with Crippen LogP contribution in [0, 0.1) is 24.2 Å². The number of benzene rings is 2. The maximum atomic E-state index is 12.2. The smallest absolute Gasteiger partial charge is 0.205 e. The van der Waals surface area contributed by atoms with E-state index in [2.05, 4.69) is 11.8 Å². The Kier molecular flexibility index (Phi) is 6.57. The minimum atomic E-state index is -3.83. The van der Waals surface area contributed by atoms with Crippen molar-refractivity contribution in [2.45, 2.75) is 38.7 Å². The molecule has 1 unspecified atom stereocenters. The number of nitrogens with one attached hydrogen (secondary N) is 1. The van der Waals surface area contributed by atoms with Crippen molar-refractivity contribution < 1.29 is 18.3 Å². The highest BCUT2D eigenvalue weighted by Crippen LogP contribution is 2.22. The number of rotatable bonds is 5. The van der Waals surface area contributed by atoms with Crippen LogP contribution in [0.25, 0.3) is 0 Å². The Labute approximate surface area is 155 Å². The molecule has 5 nitrogen and oxygen atoms in total. The number of aryl methyl sites for hydroxylation is 1. The zero-order valence-electron chi connectivity index (χ0n) is 15.3. The maximum Gasteiger partial charge on any atom is 0.264 e. The van der Waals surface area contributed by atoms with Gasteiger partial charge in [0, 0.05) is 11.0 Å². The van der Waals surface area contributed by atoms with Crippen LogP contribution in [0.3, 0.4) is 0 Å². The predicted octanol–water partition coefficient (Wildman–Crippen LogP) is 3.60. The highest BCUT2D eigenvalue weighted by molar-refractivity contribution is 7.89. The van der Waals surface area contributed by atoms with E-state index < -0.39 is 16.1 Å². The van der Waals surface area contributed by atoms with Gasteiger partial charge in [0.05, 0.1) is 4.90 Å². The van der Waals surface area contributed by atoms with Gasteiger partial charge in [-0.2, -0.15) is 0 Å². The van der Waals surface area contributed by atoms with Crippen molar-refractivity contribution in [3.05, 3.63) is 65.7 Å². The second kappa shape index (κ2) is 8.47. The minimum absolute atomic E-state index is 0.0920. The van der Waals surface area contributed by atoms with Gasteiger partial charge in [-0.3, -0.25) is 0 Å². The summed E-state index contributed by atoms with van der Waals surface area (Å²) in [5.74, 6) is 5.98. The zero-order chi connectivity index (χ0) is 19.2. The number of hydrogen-bond acceptors (Lipinski definition) is 4. The molecule has 1 N–H and O–H groups in total. The molecule has 138 valence electrons. The summed E-state index contributed by atoms with van der Waals surface area (Å²) >= 11 is 0. The molecule has 0 bridgehead atoms. The molecule has 0 aliphatic carbocycles. The molecule has 0 aromatic heterocycles. The maximum absolute atomic E-state index is 12.2. The van der Waals surface area contributed by atoms with Crippen molar-refractivity contribution in [2.24, 2.45) is 5.41 Å². The van der Waals surface area contributed by atoms with Crippen LogP contribution in [-0.2, 0) is 19.9 Å². The van der Waals surface area contributed by atoms with Gasteiger partial charge >= 0.3 is 0 Å². The fourth-order valence-corrected chi connectivity index (χ4v) is 2.65. The molecule has 0 heterocycles. The van der Waals surface area contributed by atoms with Gasteiger partial charge in [0.15, 0.2) is 6.10 Å². The van der Waals surface area contributed by atoms with Crippen molar-refractivity contribution in [3.8, 4) is 11.8 Å². The summed E-state index contributed by atoms with van der Waals surface area (Å²) in [6.07, 6.45) is -0.636. The van der Waals surface area contributed by atoms with Gasteiger partial charge in [-0.1, -0.05) is 73.4 Å². The lowest BCUT2D eigenvalue weighted by Gasteiger charge is -2.24. The highest BCUT2D eigenvalue weighted by atomic mass is 32.2. The summed E-state index contributed by atoms with van der Waals surface area (Å²) in [7, 11) is -3.83. The first-order chi connectivity index (χ1) is 12.2. The van der Waals surface area contributed by atoms with E-state index in [1.165, 1.54) is 12.1 Å². The SMILES string of the molecule is Cc1ccc(S(=O)(=O)NOOC(C#Cc2ccccc2)C(C)(C)C)cc1.